The van der Waals surface area contributed by atoms with Crippen LogP contribution in [0, 0.1) is 23.2 Å². The van der Waals surface area contributed by atoms with Gasteiger partial charge in [-0.05, 0) is 25.0 Å². The second kappa shape index (κ2) is 8.57. The van der Waals surface area contributed by atoms with Crippen molar-refractivity contribution in [2.45, 2.75) is 90.6 Å². The molecule has 1 fully saturated rings. The molecular weight excluding hydrogens is 440 g/mol. The first kappa shape index (κ1) is 26.6. The number of fused-ring (bicyclic) bond motifs is 3. The predicted octanol–water partition coefficient (Wildman–Crippen LogP) is 2.24. The Morgan fingerprint density at radius 3 is 2.18 bits per heavy atom. The Morgan fingerprint density at radius 2 is 1.65 bits per heavy atom. The van der Waals surface area contributed by atoms with Gasteiger partial charge < -0.3 is 24.8 Å². The van der Waals surface area contributed by atoms with Crippen LogP contribution in [0.3, 0.4) is 0 Å². The zero-order chi connectivity index (χ0) is 25.9. The summed E-state index contributed by atoms with van der Waals surface area (Å²) in [5, 5.41) is 34.3. The average Bonchev–Trinajstić information content (AvgIpc) is 2.95. The summed E-state index contributed by atoms with van der Waals surface area (Å²) in [4.78, 5) is 38.1. The summed E-state index contributed by atoms with van der Waals surface area (Å²) in [6.45, 7) is 11.5. The Bertz CT molecular complexity index is 948. The van der Waals surface area contributed by atoms with Gasteiger partial charge in [-0.2, -0.15) is 0 Å². The highest BCUT2D eigenvalue weighted by atomic mass is 16.6. The molecule has 0 radical (unpaired) electrons. The van der Waals surface area contributed by atoms with E-state index in [1.807, 2.05) is 13.8 Å². The van der Waals surface area contributed by atoms with E-state index in [9.17, 15) is 29.7 Å². The number of hydrogen-bond acceptors (Lipinski definition) is 8. The molecule has 3 rings (SSSR count). The summed E-state index contributed by atoms with van der Waals surface area (Å²) < 4.78 is 11.8. The molecule has 190 valence electrons. The minimum Gasteiger partial charge on any atom is -0.458 e. The molecule has 0 heterocycles. The van der Waals surface area contributed by atoms with Crippen LogP contribution in [0.5, 0.6) is 0 Å². The minimum absolute atomic E-state index is 0.0860. The Hall–Kier alpha value is -2.03. The molecule has 0 amide bonds. The van der Waals surface area contributed by atoms with Gasteiger partial charge in [0, 0.05) is 42.4 Å². The monoisotopic (exact) mass is 478 g/mol. The molecule has 34 heavy (non-hydrogen) atoms. The van der Waals surface area contributed by atoms with E-state index in [1.54, 1.807) is 46.8 Å². The third-order valence-electron chi connectivity index (χ3n) is 8.73. The van der Waals surface area contributed by atoms with E-state index in [0.717, 1.165) is 0 Å². The number of esters is 2. The fourth-order valence-electron chi connectivity index (χ4n) is 6.41. The van der Waals surface area contributed by atoms with E-state index in [-0.39, 0.29) is 19.3 Å². The molecule has 3 N–H and O–H groups in total. The summed E-state index contributed by atoms with van der Waals surface area (Å²) in [5.74, 6) is -4.09. The molecule has 0 bridgehead atoms. The standard InChI is InChI=1S/C26H38O8/c1-8-19(28)33-22-15(4)26(32)17(23(5,6)24(22,7)34-20(29)9-2)11-16(13-27)12-25(31)18(26)10-14(3)21(25)30/h10-11,15,17-18,22,27,31-32H,8-9,12-13H2,1-7H3/t15-,17?,18-,22?,24-,25?,26-/m1/s1. The lowest BCUT2D eigenvalue weighted by Gasteiger charge is -2.63. The number of rotatable bonds is 5. The number of carbonyl (C=O) groups excluding carboxylic acids is 3. The number of aliphatic hydroxyl groups excluding tert-OH is 1. The van der Waals surface area contributed by atoms with Crippen molar-refractivity contribution in [3.8, 4) is 0 Å². The second-order valence-electron chi connectivity index (χ2n) is 10.8. The maximum Gasteiger partial charge on any atom is 0.306 e. The van der Waals surface area contributed by atoms with Gasteiger partial charge in [0.1, 0.15) is 11.7 Å². The van der Waals surface area contributed by atoms with Crippen LogP contribution in [0.1, 0.15) is 67.7 Å². The van der Waals surface area contributed by atoms with E-state index >= 15 is 0 Å². The highest BCUT2D eigenvalue weighted by molar-refractivity contribution is 6.04. The third kappa shape index (κ3) is 3.48. The number of ketones is 1. The molecule has 0 aromatic heterocycles. The summed E-state index contributed by atoms with van der Waals surface area (Å²) in [5.41, 5.74) is -5.33. The molecule has 3 aliphatic rings. The maximum absolute atomic E-state index is 13.1. The molecule has 7 atom stereocenters. The molecule has 8 heteroatoms. The Morgan fingerprint density at radius 1 is 1.06 bits per heavy atom. The minimum atomic E-state index is -1.94. The first-order valence-corrected chi connectivity index (χ1v) is 12.0. The van der Waals surface area contributed by atoms with Gasteiger partial charge in [-0.25, -0.2) is 0 Å². The second-order valence-corrected chi connectivity index (χ2v) is 10.8. The van der Waals surface area contributed by atoms with Crippen molar-refractivity contribution in [2.24, 2.45) is 23.2 Å². The first-order chi connectivity index (χ1) is 15.6. The third-order valence-corrected chi connectivity index (χ3v) is 8.73. The van der Waals surface area contributed by atoms with Crippen molar-refractivity contribution in [1.82, 2.24) is 0 Å². The number of ether oxygens (including phenoxy) is 2. The fraction of sp³-hybridized carbons (Fsp3) is 0.731. The first-order valence-electron chi connectivity index (χ1n) is 12.0. The van der Waals surface area contributed by atoms with Gasteiger partial charge in [0.2, 0.25) is 0 Å². The highest BCUT2D eigenvalue weighted by Gasteiger charge is 2.73. The van der Waals surface area contributed by atoms with Gasteiger partial charge in [0.15, 0.2) is 11.4 Å². The van der Waals surface area contributed by atoms with Crippen LogP contribution in [-0.4, -0.2) is 62.6 Å². The van der Waals surface area contributed by atoms with Crippen LogP contribution in [0.4, 0.5) is 0 Å². The summed E-state index contributed by atoms with van der Waals surface area (Å²) >= 11 is 0. The van der Waals surface area contributed by atoms with Crippen LogP contribution in [0.2, 0.25) is 0 Å². The van der Waals surface area contributed by atoms with Crippen LogP contribution in [0.25, 0.3) is 0 Å². The molecule has 0 spiro atoms. The number of Topliss-reactive ketones (excluding diaryl/α,β-unsaturated/α-hetero) is 1. The van der Waals surface area contributed by atoms with Gasteiger partial charge in [0.05, 0.1) is 12.2 Å². The fourth-order valence-corrected chi connectivity index (χ4v) is 6.41. The molecule has 1 saturated carbocycles. The van der Waals surface area contributed by atoms with Crippen LogP contribution < -0.4 is 0 Å². The van der Waals surface area contributed by atoms with Crippen LogP contribution in [0.15, 0.2) is 23.3 Å². The SMILES string of the molecule is CCC(=O)OC1[C@@H](C)[C@@]2(O)C(C=C(CO)CC3(O)C(=O)C(C)=C[C@H]32)C(C)(C)[C@]1(C)OC(=O)CC. The predicted molar refractivity (Wildman–Crippen MR) is 123 cm³/mol. The lowest BCUT2D eigenvalue weighted by atomic mass is 9.47. The van der Waals surface area contributed by atoms with E-state index in [4.69, 9.17) is 9.47 Å². The van der Waals surface area contributed by atoms with Crippen molar-refractivity contribution in [2.75, 3.05) is 6.61 Å². The van der Waals surface area contributed by atoms with Crippen molar-refractivity contribution in [3.05, 3.63) is 23.3 Å². The molecule has 8 nitrogen and oxygen atoms in total. The maximum atomic E-state index is 13.1. The van der Waals surface area contributed by atoms with Crippen molar-refractivity contribution >= 4 is 17.7 Å². The quantitative estimate of drug-likeness (QED) is 0.405. The lowest BCUT2D eigenvalue weighted by Crippen LogP contribution is -2.75. The van der Waals surface area contributed by atoms with Gasteiger partial charge in [-0.1, -0.05) is 46.8 Å². The van der Waals surface area contributed by atoms with Gasteiger partial charge in [0.25, 0.3) is 0 Å². The smallest absolute Gasteiger partial charge is 0.306 e. The van der Waals surface area contributed by atoms with Gasteiger partial charge in [-0.15, -0.1) is 0 Å². The zero-order valence-corrected chi connectivity index (χ0v) is 21.2. The molecule has 3 aliphatic carbocycles. The lowest BCUT2D eigenvalue weighted by molar-refractivity contribution is -0.290. The van der Waals surface area contributed by atoms with E-state index in [1.165, 1.54) is 0 Å². The number of aliphatic hydroxyl groups is 3. The van der Waals surface area contributed by atoms with Gasteiger partial charge in [-0.3, -0.25) is 14.4 Å². The number of carbonyl (C=O) groups is 3. The van der Waals surface area contributed by atoms with Crippen molar-refractivity contribution in [1.29, 1.82) is 0 Å². The summed E-state index contributed by atoms with van der Waals surface area (Å²) in [7, 11) is 0. The summed E-state index contributed by atoms with van der Waals surface area (Å²) in [6.07, 6.45) is 2.31. The topological polar surface area (TPSA) is 130 Å². The normalized spacial score (nSPS) is 40.9. The van der Waals surface area contributed by atoms with E-state index < -0.39 is 70.4 Å². The van der Waals surface area contributed by atoms with Crippen LogP contribution in [-0.2, 0) is 23.9 Å². The molecule has 0 aromatic carbocycles. The zero-order valence-electron chi connectivity index (χ0n) is 21.2. The highest BCUT2D eigenvalue weighted by Crippen LogP contribution is 2.63. The van der Waals surface area contributed by atoms with Crippen molar-refractivity contribution < 1.29 is 39.2 Å². The average molecular weight is 479 g/mol. The molecule has 0 aliphatic heterocycles. The Labute approximate surface area is 201 Å². The molecular formula is C26H38O8. The molecule has 3 unspecified atom stereocenters. The van der Waals surface area contributed by atoms with Crippen molar-refractivity contribution in [3.63, 3.8) is 0 Å². The molecule has 0 saturated heterocycles. The largest absolute Gasteiger partial charge is 0.458 e. The van der Waals surface area contributed by atoms with E-state index in [2.05, 4.69) is 0 Å². The summed E-state index contributed by atoms with van der Waals surface area (Å²) in [6, 6.07) is 0. The van der Waals surface area contributed by atoms with Crippen LogP contribution >= 0.6 is 0 Å². The Kier molecular flexibility index (Phi) is 6.70. The Balaban J connectivity index is 2.32. The molecule has 0 aromatic rings. The van der Waals surface area contributed by atoms with E-state index in [0.29, 0.717) is 11.1 Å². The van der Waals surface area contributed by atoms with Gasteiger partial charge >= 0.3 is 11.9 Å². The number of hydrogen-bond donors (Lipinski definition) is 3.